The summed E-state index contributed by atoms with van der Waals surface area (Å²) in [6, 6.07) is 13.9. The second-order valence-corrected chi connectivity index (χ2v) is 5.29. The van der Waals surface area contributed by atoms with Crippen LogP contribution >= 0.6 is 11.6 Å². The van der Waals surface area contributed by atoms with Gasteiger partial charge >= 0.3 is 5.97 Å². The number of hydrogen-bond donors (Lipinski definition) is 1. The Balaban J connectivity index is 1.98. The van der Waals surface area contributed by atoms with Crippen LogP contribution in [-0.4, -0.2) is 18.0 Å². The molecule has 0 bridgehead atoms. The highest BCUT2D eigenvalue weighted by molar-refractivity contribution is 6.33. The van der Waals surface area contributed by atoms with E-state index in [1.54, 1.807) is 36.4 Å². The summed E-state index contributed by atoms with van der Waals surface area (Å²) in [4.78, 5) is 24.0. The number of carbonyl (C=O) groups is 2. The number of hydrogen-bond acceptors (Lipinski definition) is 3. The molecule has 0 aliphatic carbocycles. The molecule has 0 aromatic heterocycles. The van der Waals surface area contributed by atoms with Crippen molar-refractivity contribution in [3.63, 3.8) is 0 Å². The maximum absolute atomic E-state index is 12.0. The van der Waals surface area contributed by atoms with Crippen molar-refractivity contribution in [2.24, 2.45) is 0 Å². The quantitative estimate of drug-likeness (QED) is 0.872. The van der Waals surface area contributed by atoms with Crippen LogP contribution in [0.2, 0.25) is 5.02 Å². The number of amides is 1. The Kier molecular flexibility index (Phi) is 5.17. The summed E-state index contributed by atoms with van der Waals surface area (Å²) in [6.45, 7) is 3.47. The van der Waals surface area contributed by atoms with E-state index in [1.807, 2.05) is 19.1 Å². The van der Waals surface area contributed by atoms with Gasteiger partial charge in [-0.1, -0.05) is 41.4 Å². The average molecular weight is 318 g/mol. The SMILES string of the molecule is Cc1ccc(NC(=O)[C@H](C)OC(=O)c2ccccc2Cl)cc1. The molecule has 1 N–H and O–H groups in total. The molecule has 0 aliphatic rings. The Bertz CT molecular complexity index is 683. The van der Waals surface area contributed by atoms with Gasteiger partial charge in [0.15, 0.2) is 6.10 Å². The van der Waals surface area contributed by atoms with Gasteiger partial charge in [0, 0.05) is 5.69 Å². The van der Waals surface area contributed by atoms with Crippen molar-refractivity contribution in [1.29, 1.82) is 0 Å². The molecule has 4 nitrogen and oxygen atoms in total. The van der Waals surface area contributed by atoms with Crippen LogP contribution in [0.5, 0.6) is 0 Å². The molecule has 5 heteroatoms. The molecule has 22 heavy (non-hydrogen) atoms. The highest BCUT2D eigenvalue weighted by Crippen LogP contribution is 2.17. The molecule has 0 heterocycles. The molecular weight excluding hydrogens is 302 g/mol. The number of rotatable bonds is 4. The molecule has 2 rings (SSSR count). The van der Waals surface area contributed by atoms with E-state index >= 15 is 0 Å². The summed E-state index contributed by atoms with van der Waals surface area (Å²) < 4.78 is 5.14. The van der Waals surface area contributed by atoms with Crippen molar-refractivity contribution in [3.05, 3.63) is 64.7 Å². The normalized spacial score (nSPS) is 11.6. The van der Waals surface area contributed by atoms with Crippen molar-refractivity contribution in [1.82, 2.24) is 0 Å². The molecule has 0 saturated carbocycles. The summed E-state index contributed by atoms with van der Waals surface area (Å²) >= 11 is 5.93. The molecule has 1 amide bonds. The van der Waals surface area contributed by atoms with Crippen LogP contribution < -0.4 is 5.32 Å². The van der Waals surface area contributed by atoms with Gasteiger partial charge in [0.2, 0.25) is 0 Å². The number of anilines is 1. The number of carbonyl (C=O) groups excluding carboxylic acids is 2. The lowest BCUT2D eigenvalue weighted by Crippen LogP contribution is -2.30. The molecule has 1 atom stereocenters. The molecule has 0 unspecified atom stereocenters. The molecule has 2 aromatic rings. The van der Waals surface area contributed by atoms with Gasteiger partial charge < -0.3 is 10.1 Å². The van der Waals surface area contributed by atoms with Crippen LogP contribution in [0.4, 0.5) is 5.69 Å². The van der Waals surface area contributed by atoms with Crippen LogP contribution in [0.25, 0.3) is 0 Å². The van der Waals surface area contributed by atoms with Gasteiger partial charge in [0.25, 0.3) is 5.91 Å². The van der Waals surface area contributed by atoms with E-state index < -0.39 is 18.0 Å². The number of benzene rings is 2. The van der Waals surface area contributed by atoms with E-state index in [4.69, 9.17) is 16.3 Å². The summed E-state index contributed by atoms with van der Waals surface area (Å²) in [7, 11) is 0. The third-order valence-electron chi connectivity index (χ3n) is 3.07. The number of ether oxygens (including phenoxy) is 1. The van der Waals surface area contributed by atoms with Crippen molar-refractivity contribution in [3.8, 4) is 0 Å². The van der Waals surface area contributed by atoms with Gasteiger partial charge in [0.1, 0.15) is 0 Å². The zero-order valence-corrected chi connectivity index (χ0v) is 13.1. The number of esters is 1. The molecule has 0 aliphatic heterocycles. The Morgan fingerprint density at radius 3 is 2.36 bits per heavy atom. The minimum Gasteiger partial charge on any atom is -0.449 e. The van der Waals surface area contributed by atoms with Crippen LogP contribution in [-0.2, 0) is 9.53 Å². The van der Waals surface area contributed by atoms with Gasteiger partial charge in [-0.15, -0.1) is 0 Å². The summed E-state index contributed by atoms with van der Waals surface area (Å²) in [5.74, 6) is -1.03. The second-order valence-electron chi connectivity index (χ2n) is 4.88. The minimum atomic E-state index is -0.926. The third kappa shape index (κ3) is 4.09. The van der Waals surface area contributed by atoms with E-state index in [2.05, 4.69) is 5.32 Å². The summed E-state index contributed by atoms with van der Waals surface area (Å²) in [5, 5.41) is 2.98. The van der Waals surface area contributed by atoms with Crippen LogP contribution in [0, 0.1) is 6.92 Å². The maximum atomic E-state index is 12.0. The van der Waals surface area contributed by atoms with Crippen LogP contribution in [0.1, 0.15) is 22.8 Å². The molecule has 0 radical (unpaired) electrons. The predicted octanol–water partition coefficient (Wildman–Crippen LogP) is 3.83. The largest absolute Gasteiger partial charge is 0.449 e. The minimum absolute atomic E-state index is 0.235. The molecule has 2 aromatic carbocycles. The van der Waals surface area contributed by atoms with E-state index in [0.29, 0.717) is 10.7 Å². The highest BCUT2D eigenvalue weighted by atomic mass is 35.5. The summed E-state index contributed by atoms with van der Waals surface area (Å²) in [5.41, 5.74) is 1.98. The average Bonchev–Trinajstić information content (AvgIpc) is 2.49. The van der Waals surface area contributed by atoms with Gasteiger partial charge in [-0.3, -0.25) is 4.79 Å². The molecular formula is C17H16ClNO3. The molecule has 0 saturated heterocycles. The first-order chi connectivity index (χ1) is 10.5. The van der Waals surface area contributed by atoms with Crippen molar-refractivity contribution < 1.29 is 14.3 Å². The number of nitrogens with one attached hydrogen (secondary N) is 1. The molecule has 0 fully saturated rings. The van der Waals surface area contributed by atoms with E-state index in [9.17, 15) is 9.59 Å². The summed E-state index contributed by atoms with van der Waals surface area (Å²) in [6.07, 6.45) is -0.926. The fourth-order valence-electron chi connectivity index (χ4n) is 1.79. The van der Waals surface area contributed by atoms with E-state index in [-0.39, 0.29) is 5.56 Å². The standard InChI is InChI=1S/C17H16ClNO3/c1-11-7-9-13(10-8-11)19-16(20)12(2)22-17(21)14-5-3-4-6-15(14)18/h3-10,12H,1-2H3,(H,19,20)/t12-/m0/s1. The zero-order chi connectivity index (χ0) is 16.1. The topological polar surface area (TPSA) is 55.4 Å². The predicted molar refractivity (Wildman–Crippen MR) is 86.1 cm³/mol. The number of halogens is 1. The maximum Gasteiger partial charge on any atom is 0.340 e. The monoisotopic (exact) mass is 317 g/mol. The first kappa shape index (κ1) is 16.0. The Hall–Kier alpha value is -2.33. The fourth-order valence-corrected chi connectivity index (χ4v) is 2.00. The second kappa shape index (κ2) is 7.09. The van der Waals surface area contributed by atoms with E-state index in [0.717, 1.165) is 5.56 Å². The fraction of sp³-hybridized carbons (Fsp3) is 0.176. The smallest absolute Gasteiger partial charge is 0.340 e. The van der Waals surface area contributed by atoms with Gasteiger partial charge in [-0.05, 0) is 38.1 Å². The van der Waals surface area contributed by atoms with Gasteiger partial charge in [-0.2, -0.15) is 0 Å². The lowest BCUT2D eigenvalue weighted by Gasteiger charge is -2.14. The Morgan fingerprint density at radius 2 is 1.73 bits per heavy atom. The Labute approximate surface area is 134 Å². The van der Waals surface area contributed by atoms with Gasteiger partial charge in [-0.25, -0.2) is 4.79 Å². The molecule has 114 valence electrons. The van der Waals surface area contributed by atoms with Crippen molar-refractivity contribution in [2.45, 2.75) is 20.0 Å². The lowest BCUT2D eigenvalue weighted by atomic mass is 10.2. The lowest BCUT2D eigenvalue weighted by molar-refractivity contribution is -0.123. The first-order valence-electron chi connectivity index (χ1n) is 6.80. The number of aryl methyl sites for hydroxylation is 1. The van der Waals surface area contributed by atoms with Crippen LogP contribution in [0.15, 0.2) is 48.5 Å². The zero-order valence-electron chi connectivity index (χ0n) is 12.3. The Morgan fingerprint density at radius 1 is 1.09 bits per heavy atom. The van der Waals surface area contributed by atoms with Gasteiger partial charge in [0.05, 0.1) is 10.6 Å². The van der Waals surface area contributed by atoms with Crippen LogP contribution in [0.3, 0.4) is 0 Å². The molecule has 0 spiro atoms. The first-order valence-corrected chi connectivity index (χ1v) is 7.18. The van der Waals surface area contributed by atoms with E-state index in [1.165, 1.54) is 6.92 Å². The third-order valence-corrected chi connectivity index (χ3v) is 3.40. The van der Waals surface area contributed by atoms with Crippen molar-refractivity contribution in [2.75, 3.05) is 5.32 Å². The van der Waals surface area contributed by atoms with Crippen molar-refractivity contribution >= 4 is 29.2 Å². The highest BCUT2D eigenvalue weighted by Gasteiger charge is 2.20.